The standard InChI is InChI=1S/C16H17N9/c17-12-3-4-13(22-21-12)20-10-2-1-9(7-10)16-24-23-14-8-19-15-11(25(14)16)5-6-18-15/h3-6,8-10,18H,1-2,7H2,(H2,17,21)(H,20,22)/t9-,10-/m1/s1. The zero-order valence-corrected chi connectivity index (χ0v) is 13.4. The molecule has 9 nitrogen and oxygen atoms in total. The Hall–Kier alpha value is -3.23. The van der Waals surface area contributed by atoms with Gasteiger partial charge in [0, 0.05) is 18.2 Å². The minimum absolute atomic E-state index is 0.332. The number of hydrogen-bond acceptors (Lipinski definition) is 7. The van der Waals surface area contributed by atoms with Crippen LogP contribution in [-0.2, 0) is 0 Å². The Morgan fingerprint density at radius 1 is 1.12 bits per heavy atom. The van der Waals surface area contributed by atoms with Crippen molar-refractivity contribution < 1.29 is 0 Å². The number of fused-ring (bicyclic) bond motifs is 3. The fourth-order valence-corrected chi connectivity index (χ4v) is 3.64. The second-order valence-electron chi connectivity index (χ2n) is 6.42. The topological polar surface area (TPSA) is 123 Å². The van der Waals surface area contributed by atoms with E-state index in [0.717, 1.165) is 47.7 Å². The maximum atomic E-state index is 5.58. The first-order valence-electron chi connectivity index (χ1n) is 8.31. The van der Waals surface area contributed by atoms with Gasteiger partial charge in [-0.2, -0.15) is 0 Å². The molecular formula is C16H17N9. The fourth-order valence-electron chi connectivity index (χ4n) is 3.64. The lowest BCUT2D eigenvalue weighted by molar-refractivity contribution is 0.650. The molecule has 0 bridgehead atoms. The normalized spacial score (nSPS) is 20.5. The zero-order valence-electron chi connectivity index (χ0n) is 13.4. The van der Waals surface area contributed by atoms with E-state index in [-0.39, 0.29) is 0 Å². The molecule has 4 aromatic heterocycles. The molecule has 0 amide bonds. The Labute approximate surface area is 142 Å². The van der Waals surface area contributed by atoms with E-state index in [4.69, 9.17) is 5.73 Å². The SMILES string of the molecule is Nc1ccc(N[C@@H]2CC[C@@H](c3nnc4cnc5[nH]ccc5n34)C2)nn1. The third-order valence-corrected chi connectivity index (χ3v) is 4.80. The van der Waals surface area contributed by atoms with Crippen molar-refractivity contribution >= 4 is 28.4 Å². The number of rotatable bonds is 3. The van der Waals surface area contributed by atoms with Crippen LogP contribution in [0, 0.1) is 0 Å². The van der Waals surface area contributed by atoms with Gasteiger partial charge in [0.2, 0.25) is 0 Å². The molecule has 0 saturated heterocycles. The van der Waals surface area contributed by atoms with E-state index in [1.165, 1.54) is 0 Å². The Morgan fingerprint density at radius 2 is 2.08 bits per heavy atom. The lowest BCUT2D eigenvalue weighted by atomic mass is 10.1. The predicted octanol–water partition coefficient (Wildman–Crippen LogP) is 1.73. The van der Waals surface area contributed by atoms with Crippen molar-refractivity contribution in [1.29, 1.82) is 0 Å². The highest BCUT2D eigenvalue weighted by atomic mass is 15.3. The number of nitrogens with two attached hydrogens (primary N) is 1. The van der Waals surface area contributed by atoms with Crippen molar-refractivity contribution in [3.05, 3.63) is 36.4 Å². The van der Waals surface area contributed by atoms with Gasteiger partial charge in [0.15, 0.2) is 11.3 Å². The van der Waals surface area contributed by atoms with Crippen LogP contribution < -0.4 is 11.1 Å². The van der Waals surface area contributed by atoms with Gasteiger partial charge in [0.05, 0.1) is 11.7 Å². The van der Waals surface area contributed by atoms with Crippen LogP contribution in [0.15, 0.2) is 30.6 Å². The van der Waals surface area contributed by atoms with Crippen LogP contribution in [0.3, 0.4) is 0 Å². The molecule has 25 heavy (non-hydrogen) atoms. The van der Waals surface area contributed by atoms with Crippen LogP contribution in [0.4, 0.5) is 11.6 Å². The highest BCUT2D eigenvalue weighted by Crippen LogP contribution is 2.35. The summed E-state index contributed by atoms with van der Waals surface area (Å²) in [5.41, 5.74) is 8.22. The Kier molecular flexibility index (Phi) is 3.06. The summed E-state index contributed by atoms with van der Waals surface area (Å²) in [4.78, 5) is 7.51. The first-order chi connectivity index (χ1) is 12.3. The molecule has 4 heterocycles. The van der Waals surface area contributed by atoms with Crippen LogP contribution in [0.25, 0.3) is 16.8 Å². The minimum Gasteiger partial charge on any atom is -0.382 e. The van der Waals surface area contributed by atoms with E-state index >= 15 is 0 Å². The second-order valence-corrected chi connectivity index (χ2v) is 6.42. The van der Waals surface area contributed by atoms with Crippen LogP contribution >= 0.6 is 0 Å². The van der Waals surface area contributed by atoms with Gasteiger partial charge in [-0.15, -0.1) is 20.4 Å². The molecule has 126 valence electrons. The highest BCUT2D eigenvalue weighted by molar-refractivity contribution is 5.74. The van der Waals surface area contributed by atoms with Crippen molar-refractivity contribution in [2.24, 2.45) is 0 Å². The van der Waals surface area contributed by atoms with E-state index < -0.39 is 0 Å². The van der Waals surface area contributed by atoms with Gasteiger partial charge >= 0.3 is 0 Å². The highest BCUT2D eigenvalue weighted by Gasteiger charge is 2.30. The van der Waals surface area contributed by atoms with Crippen LogP contribution in [0.5, 0.6) is 0 Å². The average Bonchev–Trinajstić information content (AvgIpc) is 3.34. The van der Waals surface area contributed by atoms with Crippen molar-refractivity contribution in [2.45, 2.75) is 31.2 Å². The van der Waals surface area contributed by atoms with E-state index in [2.05, 4.69) is 40.1 Å². The summed E-state index contributed by atoms with van der Waals surface area (Å²) in [7, 11) is 0. The van der Waals surface area contributed by atoms with Crippen LogP contribution in [-0.4, -0.2) is 40.8 Å². The molecular weight excluding hydrogens is 318 g/mol. The lowest BCUT2D eigenvalue weighted by Crippen LogP contribution is -2.17. The third kappa shape index (κ3) is 2.35. The third-order valence-electron chi connectivity index (χ3n) is 4.80. The molecule has 1 saturated carbocycles. The second kappa shape index (κ2) is 5.40. The average molecular weight is 335 g/mol. The number of nitrogens with one attached hydrogen (secondary N) is 2. The number of aromatic amines is 1. The number of nitrogen functional groups attached to an aromatic ring is 1. The summed E-state index contributed by atoms with van der Waals surface area (Å²) in [5, 5.41) is 20.1. The molecule has 1 aliphatic rings. The number of aromatic nitrogens is 7. The largest absolute Gasteiger partial charge is 0.382 e. The van der Waals surface area contributed by atoms with Crippen LogP contribution in [0.1, 0.15) is 31.0 Å². The van der Waals surface area contributed by atoms with Crippen LogP contribution in [0.2, 0.25) is 0 Å². The van der Waals surface area contributed by atoms with Gasteiger partial charge < -0.3 is 16.0 Å². The maximum absolute atomic E-state index is 5.58. The molecule has 2 atom stereocenters. The van der Waals surface area contributed by atoms with Crippen molar-refractivity contribution in [3.8, 4) is 0 Å². The smallest absolute Gasteiger partial charge is 0.179 e. The molecule has 9 heteroatoms. The first-order valence-corrected chi connectivity index (χ1v) is 8.31. The molecule has 1 fully saturated rings. The quantitative estimate of drug-likeness (QED) is 0.521. The predicted molar refractivity (Wildman–Crippen MR) is 93.1 cm³/mol. The van der Waals surface area contributed by atoms with E-state index in [1.807, 2.05) is 18.3 Å². The lowest BCUT2D eigenvalue weighted by Gasteiger charge is -2.13. The monoisotopic (exact) mass is 335 g/mol. The van der Waals surface area contributed by atoms with E-state index in [0.29, 0.717) is 17.8 Å². The van der Waals surface area contributed by atoms with Gasteiger partial charge in [-0.1, -0.05) is 0 Å². The first kappa shape index (κ1) is 14.1. The van der Waals surface area contributed by atoms with Gasteiger partial charge in [-0.05, 0) is 37.5 Å². The Morgan fingerprint density at radius 3 is 2.96 bits per heavy atom. The molecule has 0 aliphatic heterocycles. The summed E-state index contributed by atoms with van der Waals surface area (Å²) in [5.74, 6) is 2.52. The molecule has 0 spiro atoms. The van der Waals surface area contributed by atoms with Gasteiger partial charge in [0.1, 0.15) is 17.5 Å². The Bertz CT molecular complexity index is 1030. The summed E-state index contributed by atoms with van der Waals surface area (Å²) in [6.07, 6.45) is 6.72. The molecule has 5 rings (SSSR count). The molecule has 4 N–H and O–H groups in total. The zero-order chi connectivity index (χ0) is 16.8. The summed E-state index contributed by atoms with van der Waals surface area (Å²) in [6.45, 7) is 0. The molecule has 0 unspecified atom stereocenters. The summed E-state index contributed by atoms with van der Waals surface area (Å²) >= 11 is 0. The van der Waals surface area contributed by atoms with Gasteiger partial charge in [0.25, 0.3) is 0 Å². The Balaban J connectivity index is 1.42. The maximum Gasteiger partial charge on any atom is 0.179 e. The summed E-state index contributed by atoms with van der Waals surface area (Å²) < 4.78 is 2.11. The van der Waals surface area contributed by atoms with Crippen molar-refractivity contribution in [3.63, 3.8) is 0 Å². The van der Waals surface area contributed by atoms with Crippen molar-refractivity contribution in [1.82, 2.24) is 34.8 Å². The number of anilines is 2. The molecule has 0 radical (unpaired) electrons. The number of nitrogens with zero attached hydrogens (tertiary/aromatic N) is 6. The van der Waals surface area contributed by atoms with Gasteiger partial charge in [-0.3, -0.25) is 4.40 Å². The number of H-pyrrole nitrogens is 1. The number of hydrogen-bond donors (Lipinski definition) is 3. The molecule has 0 aromatic carbocycles. The van der Waals surface area contributed by atoms with Gasteiger partial charge in [-0.25, -0.2) is 4.98 Å². The minimum atomic E-state index is 0.332. The molecule has 1 aliphatic carbocycles. The summed E-state index contributed by atoms with van der Waals surface area (Å²) in [6, 6.07) is 5.95. The van der Waals surface area contributed by atoms with Crippen molar-refractivity contribution in [2.75, 3.05) is 11.1 Å². The molecule has 4 aromatic rings. The fraction of sp³-hybridized carbons (Fsp3) is 0.312. The van der Waals surface area contributed by atoms with E-state index in [1.54, 1.807) is 12.3 Å². The van der Waals surface area contributed by atoms with E-state index in [9.17, 15) is 0 Å².